The summed E-state index contributed by atoms with van der Waals surface area (Å²) in [6.07, 6.45) is 27.2. The molecule has 14 nitrogen and oxygen atoms in total. The number of unbranched alkanes of at least 4 members (excludes halogenated alkanes) is 8. The van der Waals surface area contributed by atoms with Gasteiger partial charge in [-0.1, -0.05) is 116 Å². The molecule has 0 bridgehead atoms. The van der Waals surface area contributed by atoms with Crippen LogP contribution in [0.25, 0.3) is 0 Å². The van der Waals surface area contributed by atoms with E-state index < -0.39 is 0 Å². The van der Waals surface area contributed by atoms with Crippen molar-refractivity contribution in [3.05, 3.63) is 0 Å². The molecule has 62 heavy (non-hydrogen) atoms. The van der Waals surface area contributed by atoms with Gasteiger partial charge in [0.15, 0.2) is 0 Å². The van der Waals surface area contributed by atoms with E-state index in [1.807, 2.05) is 0 Å². The van der Waals surface area contributed by atoms with Crippen LogP contribution in [0.3, 0.4) is 0 Å². The summed E-state index contributed by atoms with van der Waals surface area (Å²) in [6.45, 7) is 13.8. The molecule has 0 aromatic rings. The second-order valence-electron chi connectivity index (χ2n) is 15.6. The summed E-state index contributed by atoms with van der Waals surface area (Å²) in [5.41, 5.74) is 0. The van der Waals surface area contributed by atoms with Crippen LogP contribution in [-0.2, 0) is 78.6 Å². The van der Waals surface area contributed by atoms with E-state index >= 15 is 0 Å². The zero-order chi connectivity index (χ0) is 43.3. The van der Waals surface area contributed by atoms with E-state index in [9.17, 15) is 0 Å². The quantitative estimate of drug-likeness (QED) is 0.0485. The number of rotatable bonds is 50. The van der Waals surface area contributed by atoms with Crippen molar-refractivity contribution in [2.24, 2.45) is 5.92 Å². The second-order valence-corrected chi connectivity index (χ2v) is 15.6. The van der Waals surface area contributed by atoms with E-state index in [1.165, 1.54) is 116 Å². The molecule has 0 radical (unpaired) electrons. The maximum absolute atomic E-state index is 8.60. The molecule has 0 saturated heterocycles. The van der Waals surface area contributed by atoms with Gasteiger partial charge in [-0.15, -0.1) is 0 Å². The van der Waals surface area contributed by atoms with E-state index in [1.54, 1.807) is 0 Å². The Morgan fingerprint density at radius 3 is 0.710 bits per heavy atom. The fourth-order valence-electron chi connectivity index (χ4n) is 6.86. The number of hydrogen-bond donors (Lipinski definition) is 1. The Bertz CT molecular complexity index is 776. The van der Waals surface area contributed by atoms with Crippen molar-refractivity contribution < 1.29 is 83.8 Å². The minimum atomic E-state index is 0. The Morgan fingerprint density at radius 1 is 0.242 bits per heavy atom. The summed E-state index contributed by atoms with van der Waals surface area (Å²) >= 11 is 0. The predicted molar refractivity (Wildman–Crippen MR) is 239 cm³/mol. The molecule has 0 aromatic heterocycles. The smallest absolute Gasteiger partial charge is 0.0701 e. The number of ether oxygens (including phenoxy) is 13. The standard InChI is InChI=1S/C42H84O14.C5H10.Fe/c43-15-17-45-19-21-47-23-25-49-27-29-51-31-33-53-35-37-55-39-41-56-40-38-54-36-34-52-32-30-50-28-26-48-24-22-46-20-18-44-16-11-7-5-3-1-2-4-6-8-12-42-13-9-10-14-42;1-2-4-5-3-1;/h42-43H,1-41H2;1-5H2;. The van der Waals surface area contributed by atoms with Crippen LogP contribution in [0.4, 0.5) is 0 Å². The molecular formula is C47H94FeO14. The molecule has 0 aromatic carbocycles. The monoisotopic (exact) mass is 939 g/mol. The molecular weight excluding hydrogens is 844 g/mol. The summed E-state index contributed by atoms with van der Waals surface area (Å²) in [6, 6.07) is 0. The van der Waals surface area contributed by atoms with Gasteiger partial charge in [0.05, 0.1) is 172 Å². The molecule has 1 N–H and O–H groups in total. The van der Waals surface area contributed by atoms with Gasteiger partial charge >= 0.3 is 0 Å². The first-order valence-corrected chi connectivity index (χ1v) is 24.5. The molecule has 0 unspecified atom stereocenters. The molecule has 2 aliphatic carbocycles. The second kappa shape index (κ2) is 57.1. The normalized spacial score (nSPS) is 14.1. The van der Waals surface area contributed by atoms with Crippen molar-refractivity contribution in [2.45, 2.75) is 122 Å². The van der Waals surface area contributed by atoms with Crippen LogP contribution in [0.2, 0.25) is 0 Å². The fraction of sp³-hybridized carbons (Fsp3) is 1.00. The van der Waals surface area contributed by atoms with E-state index in [-0.39, 0.29) is 23.7 Å². The molecule has 2 fully saturated rings. The molecule has 0 spiro atoms. The van der Waals surface area contributed by atoms with Crippen LogP contribution in [0.1, 0.15) is 122 Å². The zero-order valence-corrected chi connectivity index (χ0v) is 40.3. The first-order valence-electron chi connectivity index (χ1n) is 24.5. The van der Waals surface area contributed by atoms with Gasteiger partial charge in [-0.25, -0.2) is 0 Å². The summed E-state index contributed by atoms with van der Waals surface area (Å²) < 4.78 is 71.1. The third-order valence-electron chi connectivity index (χ3n) is 10.3. The topological polar surface area (TPSA) is 140 Å². The molecule has 15 heteroatoms. The maximum Gasteiger partial charge on any atom is 0.0701 e. The molecule has 0 amide bonds. The van der Waals surface area contributed by atoms with Gasteiger partial charge in [-0.3, -0.25) is 0 Å². The first-order chi connectivity index (χ1) is 30.4. The predicted octanol–water partition coefficient (Wildman–Crippen LogP) is 7.23. The van der Waals surface area contributed by atoms with Gasteiger partial charge in [-0.2, -0.15) is 0 Å². The van der Waals surface area contributed by atoms with Gasteiger partial charge in [0.25, 0.3) is 0 Å². The minimum absolute atomic E-state index is 0. The third kappa shape index (κ3) is 52.6. The van der Waals surface area contributed by atoms with Gasteiger partial charge in [0, 0.05) is 23.7 Å². The summed E-state index contributed by atoms with van der Waals surface area (Å²) in [4.78, 5) is 0. The van der Waals surface area contributed by atoms with E-state index in [0.717, 1.165) is 18.9 Å². The Hall–Kier alpha value is -0.0405. The number of aliphatic hydroxyl groups excluding tert-OH is 1. The molecule has 0 aliphatic heterocycles. The Kier molecular flexibility index (Phi) is 57.1. The fourth-order valence-corrected chi connectivity index (χ4v) is 6.86. The van der Waals surface area contributed by atoms with Crippen molar-refractivity contribution in [1.82, 2.24) is 0 Å². The van der Waals surface area contributed by atoms with Crippen molar-refractivity contribution in [3.63, 3.8) is 0 Å². The van der Waals surface area contributed by atoms with Crippen LogP contribution in [0, 0.1) is 5.92 Å². The van der Waals surface area contributed by atoms with E-state index in [0.29, 0.717) is 165 Å². The van der Waals surface area contributed by atoms with Gasteiger partial charge < -0.3 is 66.7 Å². The van der Waals surface area contributed by atoms with Crippen LogP contribution in [0.5, 0.6) is 0 Å². The van der Waals surface area contributed by atoms with Crippen molar-refractivity contribution in [1.29, 1.82) is 0 Å². The number of aliphatic hydroxyl groups is 1. The molecule has 0 atom stereocenters. The van der Waals surface area contributed by atoms with Crippen LogP contribution in [-0.4, -0.2) is 183 Å². The molecule has 0 heterocycles. The van der Waals surface area contributed by atoms with E-state index in [2.05, 4.69) is 0 Å². The number of hydrogen-bond acceptors (Lipinski definition) is 14. The Labute approximate surface area is 388 Å². The third-order valence-corrected chi connectivity index (χ3v) is 10.3. The molecule has 374 valence electrons. The van der Waals surface area contributed by atoms with Gasteiger partial charge in [0.2, 0.25) is 0 Å². The summed E-state index contributed by atoms with van der Waals surface area (Å²) in [7, 11) is 0. The molecule has 2 aliphatic rings. The SMILES string of the molecule is C1CCCC1.OCCOCCOCCOCCOCCOCCOCCOCCOCCOCCOCCOCCOCCOCCCCCCCCCCCC1CCCC1.[Fe]. The van der Waals surface area contributed by atoms with Crippen molar-refractivity contribution >= 4 is 0 Å². The maximum atomic E-state index is 8.60. The largest absolute Gasteiger partial charge is 0.394 e. The Balaban J connectivity index is 0.00000575. The van der Waals surface area contributed by atoms with Crippen LogP contribution >= 0.6 is 0 Å². The van der Waals surface area contributed by atoms with Gasteiger partial charge in [-0.05, 0) is 12.3 Å². The van der Waals surface area contributed by atoms with Crippen molar-refractivity contribution in [2.75, 3.05) is 178 Å². The summed E-state index contributed by atoms with van der Waals surface area (Å²) in [5.74, 6) is 1.06. The van der Waals surface area contributed by atoms with Crippen LogP contribution < -0.4 is 0 Å². The van der Waals surface area contributed by atoms with Crippen LogP contribution in [0.15, 0.2) is 0 Å². The van der Waals surface area contributed by atoms with Crippen molar-refractivity contribution in [3.8, 4) is 0 Å². The summed E-state index contributed by atoms with van der Waals surface area (Å²) in [5, 5.41) is 8.60. The zero-order valence-electron chi connectivity index (χ0n) is 39.2. The average molecular weight is 939 g/mol. The molecule has 2 rings (SSSR count). The average Bonchev–Trinajstić information content (AvgIpc) is 4.05. The Morgan fingerprint density at radius 2 is 0.452 bits per heavy atom. The van der Waals surface area contributed by atoms with E-state index in [4.69, 9.17) is 66.7 Å². The minimum Gasteiger partial charge on any atom is -0.394 e. The first kappa shape index (κ1) is 62.0. The molecule has 2 saturated carbocycles. The van der Waals surface area contributed by atoms with Gasteiger partial charge in [0.1, 0.15) is 0 Å².